The van der Waals surface area contributed by atoms with Crippen molar-refractivity contribution >= 4 is 0 Å². The Labute approximate surface area is 80.8 Å². The number of nitrogens with one attached hydrogen (secondary N) is 1. The molecule has 6 heteroatoms. The molecule has 0 aromatic heterocycles. The van der Waals surface area contributed by atoms with Crippen molar-refractivity contribution in [3.63, 3.8) is 0 Å². The van der Waals surface area contributed by atoms with Gasteiger partial charge in [0.15, 0.2) is 0 Å². The van der Waals surface area contributed by atoms with E-state index in [0.717, 1.165) is 0 Å². The van der Waals surface area contributed by atoms with Gasteiger partial charge < -0.3 is 4.74 Å². The van der Waals surface area contributed by atoms with Gasteiger partial charge in [-0.15, -0.1) is 0 Å². The van der Waals surface area contributed by atoms with Crippen molar-refractivity contribution in [3.8, 4) is 6.07 Å². The first kappa shape index (κ1) is 13.2. The molecule has 0 aliphatic heterocycles. The normalized spacial score (nSPS) is 14.1. The van der Waals surface area contributed by atoms with Crippen LogP contribution >= 0.6 is 0 Å². The van der Waals surface area contributed by atoms with Crippen LogP contribution in [0, 0.1) is 11.3 Å². The van der Waals surface area contributed by atoms with Crippen molar-refractivity contribution in [2.45, 2.75) is 32.1 Å². The van der Waals surface area contributed by atoms with Crippen molar-refractivity contribution in [1.82, 2.24) is 5.32 Å². The number of ether oxygens (including phenoxy) is 1. The van der Waals surface area contributed by atoms with Crippen molar-refractivity contribution < 1.29 is 17.9 Å². The van der Waals surface area contributed by atoms with Crippen LogP contribution < -0.4 is 5.32 Å². The Morgan fingerprint density at radius 2 is 2.00 bits per heavy atom. The van der Waals surface area contributed by atoms with Gasteiger partial charge in [-0.3, -0.25) is 5.32 Å². The second-order valence-corrected chi connectivity index (χ2v) is 3.13. The first-order valence-electron chi connectivity index (χ1n) is 4.15. The molecule has 82 valence electrons. The quantitative estimate of drug-likeness (QED) is 0.747. The minimum atomic E-state index is -4.34. The maximum atomic E-state index is 11.6. The lowest BCUT2D eigenvalue weighted by Crippen LogP contribution is -2.37. The van der Waals surface area contributed by atoms with Crippen LogP contribution in [-0.2, 0) is 4.74 Å². The van der Waals surface area contributed by atoms with Crippen molar-refractivity contribution in [2.24, 2.45) is 0 Å². The number of nitriles is 1. The van der Waals surface area contributed by atoms with Gasteiger partial charge in [-0.2, -0.15) is 18.4 Å². The molecule has 0 saturated carbocycles. The molecule has 0 spiro atoms. The van der Waals surface area contributed by atoms with Gasteiger partial charge in [-0.25, -0.2) is 0 Å². The highest BCUT2D eigenvalue weighted by molar-refractivity contribution is 4.90. The third-order valence-corrected chi connectivity index (χ3v) is 1.24. The molecule has 0 aliphatic carbocycles. The van der Waals surface area contributed by atoms with Gasteiger partial charge in [0.1, 0.15) is 12.6 Å². The van der Waals surface area contributed by atoms with Crippen LogP contribution in [0.4, 0.5) is 13.2 Å². The Kier molecular flexibility index (Phi) is 5.50. The molecule has 0 radical (unpaired) electrons. The summed E-state index contributed by atoms with van der Waals surface area (Å²) in [5, 5.41) is 11.3. The first-order valence-corrected chi connectivity index (χ1v) is 4.15. The molecule has 0 bridgehead atoms. The van der Waals surface area contributed by atoms with E-state index >= 15 is 0 Å². The average molecular weight is 210 g/mol. The number of hydrogen-bond donors (Lipinski definition) is 1. The van der Waals surface area contributed by atoms with Gasteiger partial charge in [0.2, 0.25) is 0 Å². The molecule has 0 aliphatic rings. The molecule has 0 fully saturated rings. The maximum absolute atomic E-state index is 11.6. The molecule has 1 unspecified atom stereocenters. The van der Waals surface area contributed by atoms with E-state index in [4.69, 9.17) is 5.26 Å². The third-order valence-electron chi connectivity index (χ3n) is 1.24. The van der Waals surface area contributed by atoms with Crippen LogP contribution in [0.5, 0.6) is 0 Å². The van der Waals surface area contributed by atoms with E-state index in [2.05, 4.69) is 10.1 Å². The molecule has 1 atom stereocenters. The topological polar surface area (TPSA) is 45.0 Å². The SMILES string of the molecule is CC(C)NC(C#N)COCC(F)(F)F. The first-order chi connectivity index (χ1) is 6.35. The third kappa shape index (κ3) is 7.83. The Morgan fingerprint density at radius 3 is 2.36 bits per heavy atom. The number of hydrogen-bond acceptors (Lipinski definition) is 3. The summed E-state index contributed by atoms with van der Waals surface area (Å²) in [4.78, 5) is 0. The Morgan fingerprint density at radius 1 is 1.43 bits per heavy atom. The number of alkyl halides is 3. The van der Waals surface area contributed by atoms with Crippen LogP contribution in [0.15, 0.2) is 0 Å². The van der Waals surface area contributed by atoms with Gasteiger partial charge in [0, 0.05) is 6.04 Å². The summed E-state index contributed by atoms with van der Waals surface area (Å²) < 4.78 is 39.3. The highest BCUT2D eigenvalue weighted by Gasteiger charge is 2.27. The molecular formula is C8H13F3N2O. The summed E-state index contributed by atoms with van der Waals surface area (Å²) in [6.45, 7) is 2.03. The Balaban J connectivity index is 3.70. The predicted molar refractivity (Wildman–Crippen MR) is 44.5 cm³/mol. The van der Waals surface area contributed by atoms with Crippen LogP contribution in [0.25, 0.3) is 0 Å². The lowest BCUT2D eigenvalue weighted by Gasteiger charge is -2.15. The summed E-state index contributed by atoms with van der Waals surface area (Å²) in [5.74, 6) is 0. The molecule has 3 nitrogen and oxygen atoms in total. The number of rotatable bonds is 5. The number of nitrogens with zero attached hydrogens (tertiary/aromatic N) is 1. The van der Waals surface area contributed by atoms with E-state index in [0.29, 0.717) is 0 Å². The summed E-state index contributed by atoms with van der Waals surface area (Å²) in [6.07, 6.45) is -4.34. The van der Waals surface area contributed by atoms with Gasteiger partial charge >= 0.3 is 6.18 Å². The predicted octanol–water partition coefficient (Wildman–Crippen LogP) is 1.46. The summed E-state index contributed by atoms with van der Waals surface area (Å²) in [5.41, 5.74) is 0. The number of halogens is 3. The average Bonchev–Trinajstić information content (AvgIpc) is 1.99. The summed E-state index contributed by atoms with van der Waals surface area (Å²) >= 11 is 0. The fourth-order valence-electron chi connectivity index (χ4n) is 0.818. The van der Waals surface area contributed by atoms with Gasteiger partial charge in [-0.05, 0) is 13.8 Å². The Hall–Kier alpha value is -0.800. The largest absolute Gasteiger partial charge is 0.411 e. The van der Waals surface area contributed by atoms with E-state index in [1.54, 1.807) is 13.8 Å². The molecular weight excluding hydrogens is 197 g/mol. The van der Waals surface area contributed by atoms with E-state index in [9.17, 15) is 13.2 Å². The molecule has 0 heterocycles. The minimum absolute atomic E-state index is 0.0362. The highest BCUT2D eigenvalue weighted by atomic mass is 19.4. The second-order valence-electron chi connectivity index (χ2n) is 3.13. The van der Waals surface area contributed by atoms with Crippen molar-refractivity contribution in [1.29, 1.82) is 5.26 Å². The van der Waals surface area contributed by atoms with E-state index < -0.39 is 18.8 Å². The molecule has 14 heavy (non-hydrogen) atoms. The zero-order chi connectivity index (χ0) is 11.2. The maximum Gasteiger partial charge on any atom is 0.411 e. The highest BCUT2D eigenvalue weighted by Crippen LogP contribution is 2.14. The van der Waals surface area contributed by atoms with Gasteiger partial charge in [0.25, 0.3) is 0 Å². The molecule has 0 rings (SSSR count). The van der Waals surface area contributed by atoms with Crippen molar-refractivity contribution in [2.75, 3.05) is 13.2 Å². The Bertz CT molecular complexity index is 198. The standard InChI is InChI=1S/C8H13F3N2O/c1-6(2)13-7(3-12)4-14-5-8(9,10)11/h6-7,13H,4-5H2,1-2H3. The fourth-order valence-corrected chi connectivity index (χ4v) is 0.818. The van der Waals surface area contributed by atoms with Crippen molar-refractivity contribution in [3.05, 3.63) is 0 Å². The monoisotopic (exact) mass is 210 g/mol. The fraction of sp³-hybridized carbons (Fsp3) is 0.875. The zero-order valence-corrected chi connectivity index (χ0v) is 8.06. The van der Waals surface area contributed by atoms with Gasteiger partial charge in [-0.1, -0.05) is 0 Å². The minimum Gasteiger partial charge on any atom is -0.369 e. The summed E-state index contributed by atoms with van der Waals surface area (Å²) in [7, 11) is 0. The summed E-state index contributed by atoms with van der Waals surface area (Å²) in [6, 6.07) is 1.16. The molecule has 0 amide bonds. The van der Waals surface area contributed by atoms with E-state index in [1.807, 2.05) is 6.07 Å². The van der Waals surface area contributed by atoms with Gasteiger partial charge in [0.05, 0.1) is 12.7 Å². The smallest absolute Gasteiger partial charge is 0.369 e. The lowest BCUT2D eigenvalue weighted by atomic mass is 10.3. The molecule has 1 N–H and O–H groups in total. The van der Waals surface area contributed by atoms with E-state index in [-0.39, 0.29) is 12.6 Å². The molecule has 0 saturated heterocycles. The van der Waals surface area contributed by atoms with Crippen LogP contribution in [-0.4, -0.2) is 31.5 Å². The zero-order valence-electron chi connectivity index (χ0n) is 8.06. The second kappa shape index (κ2) is 5.83. The van der Waals surface area contributed by atoms with Crippen LogP contribution in [0.3, 0.4) is 0 Å². The van der Waals surface area contributed by atoms with Crippen LogP contribution in [0.2, 0.25) is 0 Å². The molecule has 0 aromatic carbocycles. The van der Waals surface area contributed by atoms with Crippen LogP contribution in [0.1, 0.15) is 13.8 Å². The van der Waals surface area contributed by atoms with E-state index in [1.165, 1.54) is 0 Å². The lowest BCUT2D eigenvalue weighted by molar-refractivity contribution is -0.174. The molecule has 0 aromatic rings.